The highest BCUT2D eigenvalue weighted by Crippen LogP contribution is 2.14. The fourth-order valence-corrected chi connectivity index (χ4v) is 1.36. The highest BCUT2D eigenvalue weighted by molar-refractivity contribution is 4.69. The predicted octanol–water partition coefficient (Wildman–Crippen LogP) is 1.94. The summed E-state index contributed by atoms with van der Waals surface area (Å²) >= 11 is 0. The normalized spacial score (nSPS) is 14.8. The number of hydrogen-bond acceptors (Lipinski definition) is 2. The quantitative estimate of drug-likeness (QED) is 0.706. The molecule has 0 bridgehead atoms. The molecule has 0 radical (unpaired) electrons. The van der Waals surface area contributed by atoms with Crippen molar-refractivity contribution < 1.29 is 18.3 Å². The van der Waals surface area contributed by atoms with Gasteiger partial charge >= 0.3 is 6.18 Å². The van der Waals surface area contributed by atoms with E-state index < -0.39 is 18.8 Å². The van der Waals surface area contributed by atoms with Gasteiger partial charge in [-0.2, -0.15) is 13.2 Å². The average molecular weight is 213 g/mol. The largest absolute Gasteiger partial charge is 0.401 e. The zero-order chi connectivity index (χ0) is 11.2. The number of nitrogens with one attached hydrogen (secondary N) is 1. The Morgan fingerprint density at radius 2 is 1.71 bits per heavy atom. The molecule has 2 N–H and O–H groups in total. The van der Waals surface area contributed by atoms with Crippen LogP contribution in [0.5, 0.6) is 0 Å². The van der Waals surface area contributed by atoms with E-state index >= 15 is 0 Å². The van der Waals surface area contributed by atoms with Crippen LogP contribution < -0.4 is 5.32 Å². The summed E-state index contributed by atoms with van der Waals surface area (Å²) < 4.78 is 35.2. The summed E-state index contributed by atoms with van der Waals surface area (Å²) in [5.41, 5.74) is 0. The van der Waals surface area contributed by atoms with Gasteiger partial charge in [-0.15, -0.1) is 0 Å². The molecule has 0 aliphatic heterocycles. The molecule has 0 aromatic carbocycles. The van der Waals surface area contributed by atoms with Crippen LogP contribution in [0, 0.1) is 5.92 Å². The highest BCUT2D eigenvalue weighted by atomic mass is 19.4. The lowest BCUT2D eigenvalue weighted by Crippen LogP contribution is -2.37. The second kappa shape index (κ2) is 6.24. The maximum atomic E-state index is 11.7. The monoisotopic (exact) mass is 213 g/mol. The van der Waals surface area contributed by atoms with Gasteiger partial charge in [0.2, 0.25) is 0 Å². The Balaban J connectivity index is 3.67. The number of rotatable bonds is 6. The molecule has 0 saturated heterocycles. The first-order valence-corrected chi connectivity index (χ1v) is 4.86. The van der Waals surface area contributed by atoms with Gasteiger partial charge in [-0.25, -0.2) is 0 Å². The standard InChI is InChI=1S/C9H18F3NO/c1-3-7(4-2)8(14)5-13-6-9(10,11)12/h7-8,13-14H,3-6H2,1-2H3. The fraction of sp³-hybridized carbons (Fsp3) is 1.00. The number of alkyl halides is 3. The molecule has 0 amide bonds. The molecular weight excluding hydrogens is 195 g/mol. The van der Waals surface area contributed by atoms with Gasteiger partial charge in [0.05, 0.1) is 12.6 Å². The summed E-state index contributed by atoms with van der Waals surface area (Å²) in [6, 6.07) is 0. The van der Waals surface area contributed by atoms with Crippen LogP contribution >= 0.6 is 0 Å². The van der Waals surface area contributed by atoms with Crippen molar-refractivity contribution in [1.82, 2.24) is 5.32 Å². The van der Waals surface area contributed by atoms with E-state index in [0.717, 1.165) is 12.8 Å². The van der Waals surface area contributed by atoms with Crippen molar-refractivity contribution in [3.8, 4) is 0 Å². The van der Waals surface area contributed by atoms with Crippen LogP contribution in [0.25, 0.3) is 0 Å². The number of hydrogen-bond donors (Lipinski definition) is 2. The van der Waals surface area contributed by atoms with Crippen molar-refractivity contribution in [3.63, 3.8) is 0 Å². The van der Waals surface area contributed by atoms with E-state index in [1.165, 1.54) is 0 Å². The van der Waals surface area contributed by atoms with E-state index in [4.69, 9.17) is 0 Å². The SMILES string of the molecule is CCC(CC)C(O)CNCC(F)(F)F. The third-order valence-electron chi connectivity index (χ3n) is 2.27. The van der Waals surface area contributed by atoms with Gasteiger partial charge < -0.3 is 10.4 Å². The van der Waals surface area contributed by atoms with Crippen LogP contribution in [0.2, 0.25) is 0 Å². The van der Waals surface area contributed by atoms with Crippen molar-refractivity contribution in [3.05, 3.63) is 0 Å². The zero-order valence-electron chi connectivity index (χ0n) is 8.56. The van der Waals surface area contributed by atoms with Gasteiger partial charge in [0.15, 0.2) is 0 Å². The van der Waals surface area contributed by atoms with Crippen LogP contribution in [0.15, 0.2) is 0 Å². The van der Waals surface area contributed by atoms with Crippen molar-refractivity contribution in [2.24, 2.45) is 5.92 Å². The van der Waals surface area contributed by atoms with E-state index in [9.17, 15) is 18.3 Å². The molecule has 0 heterocycles. The summed E-state index contributed by atoms with van der Waals surface area (Å²) in [6.45, 7) is 2.80. The number of aliphatic hydroxyl groups excluding tert-OH is 1. The van der Waals surface area contributed by atoms with Gasteiger partial charge in [-0.05, 0) is 5.92 Å². The predicted molar refractivity (Wildman–Crippen MR) is 49.0 cm³/mol. The first-order chi connectivity index (χ1) is 6.40. The molecule has 0 spiro atoms. The molecule has 0 aliphatic carbocycles. The second-order valence-electron chi connectivity index (χ2n) is 3.39. The van der Waals surface area contributed by atoms with Gasteiger partial charge in [-0.1, -0.05) is 26.7 Å². The van der Waals surface area contributed by atoms with Crippen LogP contribution in [0.1, 0.15) is 26.7 Å². The Hall–Kier alpha value is -0.290. The Bertz CT molecular complexity index is 145. The van der Waals surface area contributed by atoms with Gasteiger partial charge in [0, 0.05) is 6.54 Å². The Labute approximate surface area is 82.5 Å². The topological polar surface area (TPSA) is 32.3 Å². The molecule has 5 heteroatoms. The Morgan fingerprint density at radius 1 is 1.21 bits per heavy atom. The second-order valence-corrected chi connectivity index (χ2v) is 3.39. The molecular formula is C9H18F3NO. The molecule has 14 heavy (non-hydrogen) atoms. The van der Waals surface area contributed by atoms with Crippen molar-refractivity contribution in [1.29, 1.82) is 0 Å². The Morgan fingerprint density at radius 3 is 2.07 bits per heavy atom. The van der Waals surface area contributed by atoms with E-state index in [-0.39, 0.29) is 12.5 Å². The molecule has 0 rings (SSSR count). The third-order valence-corrected chi connectivity index (χ3v) is 2.27. The van der Waals surface area contributed by atoms with E-state index in [0.29, 0.717) is 0 Å². The zero-order valence-corrected chi connectivity index (χ0v) is 8.56. The molecule has 86 valence electrons. The van der Waals surface area contributed by atoms with E-state index in [1.54, 1.807) is 0 Å². The van der Waals surface area contributed by atoms with Crippen LogP contribution in [-0.4, -0.2) is 30.5 Å². The molecule has 0 saturated carbocycles. The average Bonchev–Trinajstić information content (AvgIpc) is 2.04. The van der Waals surface area contributed by atoms with Crippen LogP contribution in [-0.2, 0) is 0 Å². The maximum absolute atomic E-state index is 11.7. The van der Waals surface area contributed by atoms with Gasteiger partial charge in [0.25, 0.3) is 0 Å². The molecule has 2 nitrogen and oxygen atoms in total. The lowest BCUT2D eigenvalue weighted by atomic mass is 9.97. The highest BCUT2D eigenvalue weighted by Gasteiger charge is 2.27. The minimum atomic E-state index is -4.20. The number of halogens is 3. The van der Waals surface area contributed by atoms with Crippen molar-refractivity contribution in [2.75, 3.05) is 13.1 Å². The Kier molecular flexibility index (Phi) is 6.11. The maximum Gasteiger partial charge on any atom is 0.401 e. The smallest absolute Gasteiger partial charge is 0.392 e. The lowest BCUT2D eigenvalue weighted by Gasteiger charge is -2.20. The lowest BCUT2D eigenvalue weighted by molar-refractivity contribution is -0.125. The summed E-state index contributed by atoms with van der Waals surface area (Å²) in [6.07, 6.45) is -3.32. The minimum Gasteiger partial charge on any atom is -0.392 e. The van der Waals surface area contributed by atoms with Crippen molar-refractivity contribution >= 4 is 0 Å². The molecule has 0 aromatic rings. The van der Waals surface area contributed by atoms with Crippen LogP contribution in [0.4, 0.5) is 13.2 Å². The minimum absolute atomic E-state index is 0.00581. The molecule has 0 aliphatic rings. The fourth-order valence-electron chi connectivity index (χ4n) is 1.36. The van der Waals surface area contributed by atoms with Crippen LogP contribution in [0.3, 0.4) is 0 Å². The van der Waals surface area contributed by atoms with Gasteiger partial charge in [0.1, 0.15) is 0 Å². The molecule has 1 atom stereocenters. The summed E-state index contributed by atoms with van der Waals surface area (Å²) in [5, 5.41) is 11.7. The first-order valence-electron chi connectivity index (χ1n) is 4.86. The number of aliphatic hydroxyl groups is 1. The summed E-state index contributed by atoms with van der Waals surface area (Å²) in [7, 11) is 0. The van der Waals surface area contributed by atoms with E-state index in [2.05, 4.69) is 5.32 Å². The molecule has 1 unspecified atom stereocenters. The molecule has 0 fully saturated rings. The molecule has 0 aromatic heterocycles. The van der Waals surface area contributed by atoms with E-state index in [1.807, 2.05) is 13.8 Å². The summed E-state index contributed by atoms with van der Waals surface area (Å²) in [4.78, 5) is 0. The van der Waals surface area contributed by atoms with Crippen molar-refractivity contribution in [2.45, 2.75) is 39.0 Å². The first kappa shape index (κ1) is 13.7. The third kappa shape index (κ3) is 6.21. The van der Waals surface area contributed by atoms with Gasteiger partial charge in [-0.3, -0.25) is 0 Å². The summed E-state index contributed by atoms with van der Waals surface area (Å²) in [5.74, 6) is 0.0794.